The fourth-order valence-corrected chi connectivity index (χ4v) is 4.36. The second-order valence-corrected chi connectivity index (χ2v) is 7.90. The summed E-state index contributed by atoms with van der Waals surface area (Å²) in [5, 5.41) is 0. The van der Waals surface area contributed by atoms with Crippen LogP contribution in [0.15, 0.2) is 36.4 Å². The van der Waals surface area contributed by atoms with Crippen LogP contribution in [0.3, 0.4) is 0 Å². The van der Waals surface area contributed by atoms with Gasteiger partial charge in [-0.15, -0.1) is 0 Å². The zero-order valence-corrected chi connectivity index (χ0v) is 15.9. The topological polar surface area (TPSA) is 6.48 Å². The standard InChI is InChI=1S/C23H30N2/c1-4-5-8-19-13-17(2)14-20(23(19)18-11-12-18)15-25-16-24(3)21-9-6-7-10-22(21)25/h6-7,9-10,13-14,18H,4-5,8,11-12,15-16H2,1-3H3. The molecule has 0 unspecified atom stereocenters. The molecule has 2 aromatic rings. The molecule has 0 N–H and O–H groups in total. The van der Waals surface area contributed by atoms with Gasteiger partial charge in [0, 0.05) is 13.6 Å². The maximum atomic E-state index is 2.54. The first-order chi connectivity index (χ1) is 12.2. The van der Waals surface area contributed by atoms with E-state index >= 15 is 0 Å². The van der Waals surface area contributed by atoms with Crippen LogP contribution in [0.5, 0.6) is 0 Å². The number of hydrogen-bond acceptors (Lipinski definition) is 2. The molecule has 1 aliphatic heterocycles. The SMILES string of the molecule is CCCCc1cc(C)cc(CN2CN(C)c3ccccc32)c1C1CC1. The normalized spacial score (nSPS) is 16.4. The Labute approximate surface area is 152 Å². The summed E-state index contributed by atoms with van der Waals surface area (Å²) in [5.41, 5.74) is 9.04. The molecule has 0 bridgehead atoms. The number of aryl methyl sites for hydroxylation is 2. The first-order valence-corrected chi connectivity index (χ1v) is 9.84. The van der Waals surface area contributed by atoms with E-state index in [1.165, 1.54) is 49.0 Å². The van der Waals surface area contributed by atoms with Gasteiger partial charge in [-0.05, 0) is 67.3 Å². The van der Waals surface area contributed by atoms with E-state index in [1.54, 1.807) is 16.7 Å². The van der Waals surface area contributed by atoms with Crippen LogP contribution in [0, 0.1) is 6.92 Å². The summed E-state index contributed by atoms with van der Waals surface area (Å²) in [5.74, 6) is 0.818. The first kappa shape index (κ1) is 16.5. The van der Waals surface area contributed by atoms with Crippen molar-refractivity contribution in [1.82, 2.24) is 0 Å². The molecule has 25 heavy (non-hydrogen) atoms. The Morgan fingerprint density at radius 3 is 2.48 bits per heavy atom. The van der Waals surface area contributed by atoms with Gasteiger partial charge in [0.25, 0.3) is 0 Å². The van der Waals surface area contributed by atoms with Gasteiger partial charge in [0.05, 0.1) is 18.0 Å². The quantitative estimate of drug-likeness (QED) is 0.675. The average molecular weight is 335 g/mol. The van der Waals surface area contributed by atoms with Crippen molar-refractivity contribution in [3.05, 3.63) is 58.7 Å². The maximum Gasteiger partial charge on any atom is 0.0904 e. The van der Waals surface area contributed by atoms with E-state index in [1.807, 2.05) is 0 Å². The molecule has 1 saturated carbocycles. The first-order valence-electron chi connectivity index (χ1n) is 9.84. The summed E-state index contributed by atoms with van der Waals surface area (Å²) < 4.78 is 0. The van der Waals surface area contributed by atoms with Gasteiger partial charge in [0.1, 0.15) is 0 Å². The second kappa shape index (κ2) is 6.74. The van der Waals surface area contributed by atoms with E-state index < -0.39 is 0 Å². The number of fused-ring (bicyclic) bond motifs is 1. The van der Waals surface area contributed by atoms with Crippen molar-refractivity contribution in [2.45, 2.75) is 58.4 Å². The lowest BCUT2D eigenvalue weighted by Crippen LogP contribution is -2.28. The Kier molecular flexibility index (Phi) is 4.45. The average Bonchev–Trinajstić information content (AvgIpc) is 3.39. The highest BCUT2D eigenvalue weighted by molar-refractivity contribution is 5.75. The number of nitrogens with zero attached hydrogens (tertiary/aromatic N) is 2. The zero-order valence-electron chi connectivity index (χ0n) is 15.9. The zero-order chi connectivity index (χ0) is 17.4. The molecule has 0 saturated heterocycles. The third kappa shape index (κ3) is 3.27. The van der Waals surface area contributed by atoms with Crippen molar-refractivity contribution in [1.29, 1.82) is 0 Å². The summed E-state index contributed by atoms with van der Waals surface area (Å²) in [4.78, 5) is 4.90. The molecular weight excluding hydrogens is 304 g/mol. The van der Waals surface area contributed by atoms with Crippen molar-refractivity contribution in [3.8, 4) is 0 Å². The summed E-state index contributed by atoms with van der Waals surface area (Å²) in [6, 6.07) is 13.7. The molecule has 1 aliphatic carbocycles. The van der Waals surface area contributed by atoms with Crippen LogP contribution in [0.2, 0.25) is 0 Å². The molecule has 2 nitrogen and oxygen atoms in total. The Morgan fingerprint density at radius 2 is 1.76 bits per heavy atom. The number of unbranched alkanes of at least 4 members (excludes halogenated alkanes) is 1. The lowest BCUT2D eigenvalue weighted by atomic mass is 9.91. The Morgan fingerprint density at radius 1 is 1.04 bits per heavy atom. The van der Waals surface area contributed by atoms with Crippen LogP contribution in [0.25, 0.3) is 0 Å². The Hall–Kier alpha value is -1.96. The third-order valence-corrected chi connectivity index (χ3v) is 5.66. The van der Waals surface area contributed by atoms with Gasteiger partial charge in [-0.25, -0.2) is 0 Å². The van der Waals surface area contributed by atoms with Crippen molar-refractivity contribution in [2.75, 3.05) is 23.5 Å². The van der Waals surface area contributed by atoms with Crippen molar-refractivity contribution < 1.29 is 0 Å². The molecule has 0 aromatic heterocycles. The van der Waals surface area contributed by atoms with E-state index in [0.717, 1.165) is 19.1 Å². The molecule has 2 aromatic carbocycles. The van der Waals surface area contributed by atoms with E-state index in [2.05, 4.69) is 67.1 Å². The predicted octanol–water partition coefficient (Wildman–Crippen LogP) is 5.63. The summed E-state index contributed by atoms with van der Waals surface area (Å²) in [6.07, 6.45) is 6.58. The molecule has 0 amide bonds. The minimum Gasteiger partial charge on any atom is -0.355 e. The van der Waals surface area contributed by atoms with Gasteiger partial charge in [0.15, 0.2) is 0 Å². The number of para-hydroxylation sites is 2. The Balaban J connectivity index is 1.68. The van der Waals surface area contributed by atoms with E-state index in [0.29, 0.717) is 0 Å². The molecule has 4 rings (SSSR count). The second-order valence-electron chi connectivity index (χ2n) is 7.90. The lowest BCUT2D eigenvalue weighted by molar-refractivity contribution is 0.771. The van der Waals surface area contributed by atoms with E-state index in [4.69, 9.17) is 0 Å². The van der Waals surface area contributed by atoms with Gasteiger partial charge in [-0.1, -0.05) is 43.2 Å². The summed E-state index contributed by atoms with van der Waals surface area (Å²) in [6.45, 7) is 6.58. The monoisotopic (exact) mass is 334 g/mol. The molecule has 132 valence electrons. The molecule has 2 heteroatoms. The van der Waals surface area contributed by atoms with Gasteiger partial charge in [0.2, 0.25) is 0 Å². The smallest absolute Gasteiger partial charge is 0.0904 e. The van der Waals surface area contributed by atoms with Crippen molar-refractivity contribution in [2.24, 2.45) is 0 Å². The molecular formula is C23H30N2. The van der Waals surface area contributed by atoms with Crippen LogP contribution >= 0.6 is 0 Å². The van der Waals surface area contributed by atoms with Crippen LogP contribution in [-0.2, 0) is 13.0 Å². The molecule has 1 heterocycles. The fourth-order valence-electron chi connectivity index (χ4n) is 4.36. The highest BCUT2D eigenvalue weighted by atomic mass is 15.4. The number of anilines is 2. The van der Waals surface area contributed by atoms with Crippen molar-refractivity contribution >= 4 is 11.4 Å². The largest absolute Gasteiger partial charge is 0.355 e. The Bertz CT molecular complexity index is 761. The van der Waals surface area contributed by atoms with Crippen LogP contribution in [-0.4, -0.2) is 13.7 Å². The summed E-state index contributed by atoms with van der Waals surface area (Å²) >= 11 is 0. The fraction of sp³-hybridized carbons (Fsp3) is 0.478. The molecule has 0 radical (unpaired) electrons. The van der Waals surface area contributed by atoms with Crippen molar-refractivity contribution in [3.63, 3.8) is 0 Å². The molecule has 2 aliphatic rings. The van der Waals surface area contributed by atoms with Gasteiger partial charge < -0.3 is 9.80 Å². The third-order valence-electron chi connectivity index (χ3n) is 5.66. The highest BCUT2D eigenvalue weighted by Gasteiger charge is 2.30. The molecule has 0 atom stereocenters. The minimum absolute atomic E-state index is 0.818. The molecule has 0 spiro atoms. The van der Waals surface area contributed by atoms with Gasteiger partial charge in [-0.2, -0.15) is 0 Å². The van der Waals surface area contributed by atoms with Crippen LogP contribution in [0.4, 0.5) is 11.4 Å². The maximum absolute atomic E-state index is 2.54. The van der Waals surface area contributed by atoms with Crippen LogP contribution in [0.1, 0.15) is 60.8 Å². The van der Waals surface area contributed by atoms with Crippen LogP contribution < -0.4 is 9.80 Å². The summed E-state index contributed by atoms with van der Waals surface area (Å²) in [7, 11) is 2.20. The van der Waals surface area contributed by atoms with E-state index in [9.17, 15) is 0 Å². The predicted molar refractivity (Wildman–Crippen MR) is 108 cm³/mol. The number of benzene rings is 2. The number of rotatable bonds is 6. The highest BCUT2D eigenvalue weighted by Crippen LogP contribution is 2.45. The minimum atomic E-state index is 0.818. The number of hydrogen-bond donors (Lipinski definition) is 0. The lowest BCUT2D eigenvalue weighted by Gasteiger charge is -2.23. The molecule has 1 fully saturated rings. The van der Waals surface area contributed by atoms with Gasteiger partial charge in [-0.3, -0.25) is 0 Å². The van der Waals surface area contributed by atoms with E-state index in [-0.39, 0.29) is 0 Å². The van der Waals surface area contributed by atoms with Gasteiger partial charge >= 0.3 is 0 Å².